The summed E-state index contributed by atoms with van der Waals surface area (Å²) in [4.78, 5) is 9.07. The normalized spacial score (nSPS) is 16.8. The number of piperazine rings is 1. The summed E-state index contributed by atoms with van der Waals surface area (Å²) in [5.41, 5.74) is 1.67. The van der Waals surface area contributed by atoms with Gasteiger partial charge in [0.05, 0.1) is 0 Å². The van der Waals surface area contributed by atoms with Crippen molar-refractivity contribution in [3.63, 3.8) is 0 Å². The molecule has 2 fully saturated rings. The Morgan fingerprint density at radius 3 is 2.29 bits per heavy atom. The smallest absolute Gasteiger partial charge is 0.279 e. The number of hydrogen-bond acceptors (Lipinski definition) is 7. The Labute approximate surface area is 178 Å². The van der Waals surface area contributed by atoms with Crippen LogP contribution in [0.2, 0.25) is 0 Å². The van der Waals surface area contributed by atoms with Gasteiger partial charge in [-0.15, -0.1) is 10.2 Å². The average Bonchev–Trinajstić information content (AvgIpc) is 3.56. The van der Waals surface area contributed by atoms with Gasteiger partial charge in [0, 0.05) is 48.6 Å². The second kappa shape index (κ2) is 7.30. The summed E-state index contributed by atoms with van der Waals surface area (Å²) in [6.07, 6.45) is 2.24. The van der Waals surface area contributed by atoms with Gasteiger partial charge in [0.2, 0.25) is 0 Å². The minimum Gasteiger partial charge on any atom is -0.368 e. The lowest BCUT2D eigenvalue weighted by molar-refractivity contribution is 0.421. The lowest BCUT2D eigenvalue weighted by atomic mass is 10.1. The number of anilines is 2. The Kier molecular flexibility index (Phi) is 4.29. The first-order chi connectivity index (χ1) is 15.3. The lowest BCUT2D eigenvalue weighted by Gasteiger charge is -2.37. The average molecular weight is 416 g/mol. The van der Waals surface area contributed by atoms with E-state index < -0.39 is 0 Å². The standard InChI is InChI=1S/C23H21FN6O/c24-16-7-9-17(10-8-16)29-11-13-30(14-12-29)22-19-4-2-1-3-18(19)20(26-27-22)23-25-21(28-31-23)15-5-6-15/h1-4,7-10,15H,5-6,11-14H2. The first-order valence-electron chi connectivity index (χ1n) is 10.6. The number of fused-ring (bicyclic) bond motifs is 1. The fraction of sp³-hybridized carbons (Fsp3) is 0.304. The van der Waals surface area contributed by atoms with Crippen LogP contribution in [-0.2, 0) is 0 Å². The Hall–Kier alpha value is -3.55. The maximum atomic E-state index is 13.2. The molecule has 3 heterocycles. The van der Waals surface area contributed by atoms with Crippen LogP contribution < -0.4 is 9.80 Å². The van der Waals surface area contributed by atoms with Crippen LogP contribution in [0.15, 0.2) is 53.1 Å². The van der Waals surface area contributed by atoms with Crippen LogP contribution in [0, 0.1) is 5.82 Å². The van der Waals surface area contributed by atoms with Crippen LogP contribution in [0.4, 0.5) is 15.9 Å². The molecule has 8 heteroatoms. The molecule has 2 aromatic carbocycles. The molecule has 0 radical (unpaired) electrons. The van der Waals surface area contributed by atoms with Crippen molar-refractivity contribution < 1.29 is 8.91 Å². The van der Waals surface area contributed by atoms with Gasteiger partial charge < -0.3 is 14.3 Å². The van der Waals surface area contributed by atoms with Gasteiger partial charge in [-0.2, -0.15) is 4.98 Å². The minimum absolute atomic E-state index is 0.213. The molecule has 1 saturated carbocycles. The van der Waals surface area contributed by atoms with Crippen molar-refractivity contribution in [1.82, 2.24) is 20.3 Å². The maximum Gasteiger partial charge on any atom is 0.279 e. The van der Waals surface area contributed by atoms with Crippen LogP contribution in [-0.4, -0.2) is 46.5 Å². The fourth-order valence-corrected chi connectivity index (χ4v) is 4.15. The molecule has 31 heavy (non-hydrogen) atoms. The Morgan fingerprint density at radius 1 is 0.839 bits per heavy atom. The monoisotopic (exact) mass is 416 g/mol. The molecule has 2 aromatic heterocycles. The zero-order valence-corrected chi connectivity index (χ0v) is 16.9. The first kappa shape index (κ1) is 18.2. The van der Waals surface area contributed by atoms with Crippen LogP contribution in [0.25, 0.3) is 22.4 Å². The van der Waals surface area contributed by atoms with E-state index >= 15 is 0 Å². The summed E-state index contributed by atoms with van der Waals surface area (Å²) < 4.78 is 18.7. The SMILES string of the molecule is Fc1ccc(N2CCN(c3nnc(-c4nc(C5CC5)no4)c4ccccc34)CC2)cc1. The van der Waals surface area contributed by atoms with Gasteiger partial charge in [-0.25, -0.2) is 4.39 Å². The summed E-state index contributed by atoms with van der Waals surface area (Å²) in [6, 6.07) is 14.8. The van der Waals surface area contributed by atoms with Crippen LogP contribution in [0.1, 0.15) is 24.6 Å². The second-order valence-electron chi connectivity index (χ2n) is 8.10. The van der Waals surface area contributed by atoms with Crippen molar-refractivity contribution >= 4 is 22.3 Å². The number of rotatable bonds is 4. The van der Waals surface area contributed by atoms with Crippen molar-refractivity contribution in [2.24, 2.45) is 0 Å². The number of halogens is 1. The second-order valence-corrected chi connectivity index (χ2v) is 8.10. The summed E-state index contributed by atoms with van der Waals surface area (Å²) in [5.74, 6) is 2.27. The molecule has 1 aliphatic heterocycles. The highest BCUT2D eigenvalue weighted by Gasteiger charge is 2.30. The van der Waals surface area contributed by atoms with Gasteiger partial charge in [-0.05, 0) is 37.1 Å². The highest BCUT2D eigenvalue weighted by Crippen LogP contribution is 2.39. The van der Waals surface area contributed by atoms with E-state index in [9.17, 15) is 4.39 Å². The van der Waals surface area contributed by atoms with Crippen molar-refractivity contribution in [3.8, 4) is 11.6 Å². The first-order valence-corrected chi connectivity index (χ1v) is 10.6. The molecule has 0 N–H and O–H groups in total. The largest absolute Gasteiger partial charge is 0.368 e. The predicted octanol–water partition coefficient (Wildman–Crippen LogP) is 4.02. The van der Waals surface area contributed by atoms with Gasteiger partial charge in [0.25, 0.3) is 5.89 Å². The molecule has 2 aliphatic rings. The van der Waals surface area contributed by atoms with Gasteiger partial charge >= 0.3 is 0 Å². The topological polar surface area (TPSA) is 71.2 Å². The van der Waals surface area contributed by atoms with Crippen LogP contribution >= 0.6 is 0 Å². The van der Waals surface area contributed by atoms with Crippen molar-refractivity contribution in [1.29, 1.82) is 0 Å². The molecule has 156 valence electrons. The van der Waals surface area contributed by atoms with Crippen LogP contribution in [0.3, 0.4) is 0 Å². The van der Waals surface area contributed by atoms with E-state index in [0.29, 0.717) is 17.5 Å². The van der Waals surface area contributed by atoms with E-state index in [1.54, 1.807) is 0 Å². The molecular formula is C23H21FN6O. The van der Waals surface area contributed by atoms with Crippen molar-refractivity contribution in [2.75, 3.05) is 36.0 Å². The molecule has 1 aliphatic carbocycles. The fourth-order valence-electron chi connectivity index (χ4n) is 4.15. The molecular weight excluding hydrogens is 395 g/mol. The highest BCUT2D eigenvalue weighted by molar-refractivity contribution is 5.99. The minimum atomic E-state index is -0.213. The third-order valence-electron chi connectivity index (χ3n) is 6.03. The third kappa shape index (κ3) is 3.37. The molecule has 0 bridgehead atoms. The molecule has 0 unspecified atom stereocenters. The summed E-state index contributed by atoms with van der Waals surface area (Å²) >= 11 is 0. The van der Waals surface area contributed by atoms with Gasteiger partial charge in [0.1, 0.15) is 5.82 Å². The van der Waals surface area contributed by atoms with E-state index in [4.69, 9.17) is 4.52 Å². The van der Waals surface area contributed by atoms with Gasteiger partial charge in [-0.1, -0.05) is 29.4 Å². The van der Waals surface area contributed by atoms with E-state index in [1.807, 2.05) is 30.3 Å². The molecule has 1 saturated heterocycles. The highest BCUT2D eigenvalue weighted by atomic mass is 19.1. The number of nitrogens with zero attached hydrogens (tertiary/aromatic N) is 6. The zero-order valence-electron chi connectivity index (χ0n) is 16.9. The Bertz CT molecular complexity index is 1230. The summed E-state index contributed by atoms with van der Waals surface area (Å²) in [7, 11) is 0. The van der Waals surface area contributed by atoms with E-state index in [-0.39, 0.29) is 5.82 Å². The molecule has 0 spiro atoms. The Balaban J connectivity index is 1.28. The van der Waals surface area contributed by atoms with Crippen molar-refractivity contribution in [3.05, 3.63) is 60.2 Å². The molecule has 6 rings (SSSR count). The third-order valence-corrected chi connectivity index (χ3v) is 6.03. The lowest BCUT2D eigenvalue weighted by Crippen LogP contribution is -2.47. The molecule has 4 aromatic rings. The van der Waals surface area contributed by atoms with Crippen LogP contribution in [0.5, 0.6) is 0 Å². The van der Waals surface area contributed by atoms with E-state index in [1.165, 1.54) is 12.1 Å². The summed E-state index contributed by atoms with van der Waals surface area (Å²) in [5, 5.41) is 15.2. The summed E-state index contributed by atoms with van der Waals surface area (Å²) in [6.45, 7) is 3.28. The number of benzene rings is 2. The van der Waals surface area contributed by atoms with Gasteiger partial charge in [0.15, 0.2) is 17.3 Å². The van der Waals surface area contributed by atoms with E-state index in [2.05, 4.69) is 36.2 Å². The molecule has 7 nitrogen and oxygen atoms in total. The number of hydrogen-bond donors (Lipinski definition) is 0. The zero-order chi connectivity index (χ0) is 20.8. The predicted molar refractivity (Wildman–Crippen MR) is 116 cm³/mol. The van der Waals surface area contributed by atoms with E-state index in [0.717, 1.165) is 67.1 Å². The molecule has 0 amide bonds. The quantitative estimate of drug-likeness (QED) is 0.497. The van der Waals surface area contributed by atoms with Crippen molar-refractivity contribution in [2.45, 2.75) is 18.8 Å². The maximum absolute atomic E-state index is 13.2. The Morgan fingerprint density at radius 2 is 1.55 bits per heavy atom. The number of aromatic nitrogens is 4. The molecule has 0 atom stereocenters. The van der Waals surface area contributed by atoms with Gasteiger partial charge in [-0.3, -0.25) is 0 Å².